The highest BCUT2D eigenvalue weighted by atomic mass is 16.5. The Labute approximate surface area is 262 Å². The second-order valence-corrected chi connectivity index (χ2v) is 16.4. The van der Waals surface area contributed by atoms with E-state index in [4.69, 9.17) is 4.74 Å². The number of ether oxygens (including phenoxy) is 1. The van der Waals surface area contributed by atoms with Crippen LogP contribution in [0.5, 0.6) is 5.75 Å². The molecule has 1 amide bonds. The molecule has 4 N–H and O–H groups in total. The Morgan fingerprint density at radius 1 is 1.05 bits per heavy atom. The quantitative estimate of drug-likeness (QED) is 0.345. The van der Waals surface area contributed by atoms with Gasteiger partial charge in [0.1, 0.15) is 5.75 Å². The maximum atomic E-state index is 14.7. The van der Waals surface area contributed by atoms with Gasteiger partial charge in [0.15, 0.2) is 5.78 Å². The third-order valence-electron chi connectivity index (χ3n) is 14.6. The second kappa shape index (κ2) is 10.4. The Morgan fingerprint density at radius 3 is 2.45 bits per heavy atom. The zero-order valence-corrected chi connectivity index (χ0v) is 27.7. The average molecular weight is 608 g/mol. The molecule has 6 rings (SSSR count). The van der Waals surface area contributed by atoms with Gasteiger partial charge in [-0.1, -0.05) is 53.2 Å². The van der Waals surface area contributed by atoms with Crippen molar-refractivity contribution in [2.45, 2.75) is 98.7 Å². The minimum absolute atomic E-state index is 0.0379. The van der Waals surface area contributed by atoms with Crippen LogP contribution in [0, 0.1) is 56.7 Å². The molecule has 7 nitrogen and oxygen atoms in total. The van der Waals surface area contributed by atoms with Gasteiger partial charge in [-0.05, 0) is 103 Å². The lowest BCUT2D eigenvalue weighted by atomic mass is 9.33. The molecule has 0 radical (unpaired) electrons. The summed E-state index contributed by atoms with van der Waals surface area (Å²) >= 11 is 0. The van der Waals surface area contributed by atoms with Gasteiger partial charge in [0, 0.05) is 23.1 Å². The first-order valence-electron chi connectivity index (χ1n) is 16.8. The number of aliphatic hydroxyl groups is 3. The molecule has 0 spiro atoms. The number of hydrogen-bond acceptors (Lipinski definition) is 6. The van der Waals surface area contributed by atoms with Crippen LogP contribution in [-0.2, 0) is 9.59 Å². The van der Waals surface area contributed by atoms with Crippen molar-refractivity contribution in [2.24, 2.45) is 56.7 Å². The molecule has 4 fully saturated rings. The van der Waals surface area contributed by atoms with Crippen LogP contribution in [0.25, 0.3) is 0 Å². The van der Waals surface area contributed by atoms with Gasteiger partial charge < -0.3 is 25.4 Å². The molecule has 0 unspecified atom stereocenters. The monoisotopic (exact) mass is 607 g/mol. The molecule has 242 valence electrons. The van der Waals surface area contributed by atoms with E-state index in [1.165, 1.54) is 0 Å². The molecule has 5 aliphatic carbocycles. The summed E-state index contributed by atoms with van der Waals surface area (Å²) in [6, 6.07) is 7.51. The van der Waals surface area contributed by atoms with Crippen LogP contribution in [0.3, 0.4) is 0 Å². The zero-order chi connectivity index (χ0) is 32.0. The molecule has 0 bridgehead atoms. The van der Waals surface area contributed by atoms with Gasteiger partial charge in [0.2, 0.25) is 5.91 Å². The third-order valence-corrected chi connectivity index (χ3v) is 14.6. The van der Waals surface area contributed by atoms with Crippen LogP contribution in [0.2, 0.25) is 0 Å². The maximum absolute atomic E-state index is 14.7. The first-order valence-corrected chi connectivity index (χ1v) is 16.8. The minimum atomic E-state index is -1.03. The van der Waals surface area contributed by atoms with Crippen molar-refractivity contribution in [3.63, 3.8) is 0 Å². The zero-order valence-electron chi connectivity index (χ0n) is 27.7. The predicted octanol–water partition coefficient (Wildman–Crippen LogP) is 5.77. The molecule has 4 saturated carbocycles. The number of benzene rings is 1. The number of hydrogen-bond donors (Lipinski definition) is 4. The summed E-state index contributed by atoms with van der Waals surface area (Å²) in [5, 5.41) is 36.0. The molecule has 1 aromatic carbocycles. The fourth-order valence-corrected chi connectivity index (χ4v) is 11.8. The van der Waals surface area contributed by atoms with Gasteiger partial charge in [-0.2, -0.15) is 0 Å². The minimum Gasteiger partial charge on any atom is -0.497 e. The van der Waals surface area contributed by atoms with Crippen molar-refractivity contribution in [3.05, 3.63) is 35.9 Å². The first-order chi connectivity index (χ1) is 20.6. The molecular formula is C37H53NO6. The predicted molar refractivity (Wildman–Crippen MR) is 170 cm³/mol. The van der Waals surface area contributed by atoms with Crippen molar-refractivity contribution in [1.82, 2.24) is 0 Å². The number of rotatable bonds is 4. The summed E-state index contributed by atoms with van der Waals surface area (Å²) in [5.41, 5.74) is -0.874. The molecule has 0 saturated heterocycles. The van der Waals surface area contributed by atoms with Gasteiger partial charge in [0.05, 0.1) is 31.3 Å². The summed E-state index contributed by atoms with van der Waals surface area (Å²) in [6.07, 6.45) is 5.15. The second-order valence-electron chi connectivity index (χ2n) is 16.4. The van der Waals surface area contributed by atoms with Crippen LogP contribution < -0.4 is 10.1 Å². The number of carbonyl (C=O) groups excluding carboxylic acids is 2. The van der Waals surface area contributed by atoms with Crippen molar-refractivity contribution >= 4 is 17.4 Å². The number of nitrogens with one attached hydrogen (secondary N) is 1. The van der Waals surface area contributed by atoms with Crippen LogP contribution >= 0.6 is 0 Å². The Bertz CT molecular complexity index is 1380. The van der Waals surface area contributed by atoms with E-state index in [0.717, 1.165) is 49.8 Å². The lowest BCUT2D eigenvalue weighted by Gasteiger charge is -2.71. The van der Waals surface area contributed by atoms with Gasteiger partial charge >= 0.3 is 0 Å². The Kier molecular flexibility index (Phi) is 7.50. The molecule has 5 aliphatic rings. The van der Waals surface area contributed by atoms with Gasteiger partial charge in [0.25, 0.3) is 0 Å². The number of aliphatic hydroxyl groups excluding tert-OH is 3. The average Bonchev–Trinajstić information content (AvgIpc) is 2.98. The highest BCUT2D eigenvalue weighted by Gasteiger charge is 2.72. The van der Waals surface area contributed by atoms with E-state index >= 15 is 0 Å². The topological polar surface area (TPSA) is 116 Å². The molecule has 44 heavy (non-hydrogen) atoms. The molecule has 0 heterocycles. The van der Waals surface area contributed by atoms with E-state index in [9.17, 15) is 24.9 Å². The largest absolute Gasteiger partial charge is 0.497 e. The van der Waals surface area contributed by atoms with E-state index in [2.05, 4.69) is 39.9 Å². The van der Waals surface area contributed by atoms with E-state index in [0.29, 0.717) is 18.1 Å². The summed E-state index contributed by atoms with van der Waals surface area (Å²) in [6.45, 7) is 13.0. The molecule has 1 aromatic rings. The normalized spacial score (nSPS) is 48.2. The van der Waals surface area contributed by atoms with E-state index < -0.39 is 28.5 Å². The Morgan fingerprint density at radius 2 is 1.77 bits per heavy atom. The Balaban J connectivity index is 1.44. The Hall–Kier alpha value is -2.22. The van der Waals surface area contributed by atoms with Gasteiger partial charge in [-0.3, -0.25) is 9.59 Å². The van der Waals surface area contributed by atoms with Gasteiger partial charge in [-0.25, -0.2) is 0 Å². The lowest BCUT2D eigenvalue weighted by Crippen LogP contribution is -2.70. The lowest BCUT2D eigenvalue weighted by molar-refractivity contribution is -0.238. The fraction of sp³-hybridized carbons (Fsp3) is 0.730. The van der Waals surface area contributed by atoms with E-state index in [1.54, 1.807) is 7.11 Å². The van der Waals surface area contributed by atoms with Crippen molar-refractivity contribution < 1.29 is 29.6 Å². The molecule has 0 aliphatic heterocycles. The van der Waals surface area contributed by atoms with Crippen molar-refractivity contribution in [1.29, 1.82) is 0 Å². The van der Waals surface area contributed by atoms with Crippen LogP contribution in [0.1, 0.15) is 86.5 Å². The standard InChI is InChI=1S/C37H53NO6/c1-21-11-14-37(32(43)38-23-9-8-10-24(17-23)44-7)16-15-35(5)25(29(37)22(21)2)18-26(40)30-33(3)19-27(41)31(42)34(4,20-39)28(33)12-13-36(30,35)6/h8-10,17-18,21-22,27-31,39,41-42H,11-16,19-20H2,1-7H3,(H,38,43)/t21-,22+,27-,28-,29+,30-,31+,33+,34+,35-,36-,37+/m1/s1. The number of ketones is 1. The van der Waals surface area contributed by atoms with E-state index in [-0.39, 0.29) is 52.8 Å². The number of allylic oxidation sites excluding steroid dienone is 2. The van der Waals surface area contributed by atoms with Crippen LogP contribution in [-0.4, -0.2) is 52.9 Å². The number of amides is 1. The highest BCUT2D eigenvalue weighted by molar-refractivity contribution is 5.98. The number of methoxy groups -OCH3 is 1. The molecule has 12 atom stereocenters. The molecule has 0 aromatic heterocycles. The third kappa shape index (κ3) is 4.03. The first kappa shape index (κ1) is 31.7. The maximum Gasteiger partial charge on any atom is 0.231 e. The van der Waals surface area contributed by atoms with Crippen molar-refractivity contribution in [2.75, 3.05) is 19.0 Å². The summed E-state index contributed by atoms with van der Waals surface area (Å²) in [4.78, 5) is 29.1. The number of carbonyl (C=O) groups is 2. The summed E-state index contributed by atoms with van der Waals surface area (Å²) in [5.74, 6) is 0.990. The number of fused-ring (bicyclic) bond motifs is 7. The molecular weight excluding hydrogens is 554 g/mol. The van der Waals surface area contributed by atoms with Crippen LogP contribution in [0.4, 0.5) is 5.69 Å². The smallest absolute Gasteiger partial charge is 0.231 e. The van der Waals surface area contributed by atoms with E-state index in [1.807, 2.05) is 37.3 Å². The SMILES string of the molecule is COc1cccc(NC(=O)[C@]23CC[C@@H](C)[C@H](C)[C@H]2C2=CC(=O)[C@@H]4[C@@]5(C)C[C@@H](O)[C@H](O)[C@@](C)(CO)[C@@H]5CC[C@@]4(C)[C@]2(C)CC3)c1. The van der Waals surface area contributed by atoms with Crippen molar-refractivity contribution in [3.8, 4) is 5.75 Å². The number of anilines is 1. The van der Waals surface area contributed by atoms with Crippen LogP contribution in [0.15, 0.2) is 35.9 Å². The fourth-order valence-electron chi connectivity index (χ4n) is 11.8. The molecule has 7 heteroatoms. The summed E-state index contributed by atoms with van der Waals surface area (Å²) in [7, 11) is 1.62. The van der Waals surface area contributed by atoms with Gasteiger partial charge in [-0.15, -0.1) is 0 Å². The summed E-state index contributed by atoms with van der Waals surface area (Å²) < 4.78 is 5.41. The highest BCUT2D eigenvalue weighted by Crippen LogP contribution is 2.75.